The van der Waals surface area contributed by atoms with Crippen molar-refractivity contribution in [3.63, 3.8) is 0 Å². The van der Waals surface area contributed by atoms with Gasteiger partial charge in [-0.05, 0) is 31.0 Å². The fourth-order valence-corrected chi connectivity index (χ4v) is 1.92. The highest BCUT2D eigenvalue weighted by Crippen LogP contribution is 2.15. The number of oxime groups is 1. The van der Waals surface area contributed by atoms with Crippen LogP contribution in [0.2, 0.25) is 0 Å². The molecule has 0 saturated carbocycles. The maximum Gasteiger partial charge on any atom is 0.231 e. The lowest BCUT2D eigenvalue weighted by Gasteiger charge is -2.19. The summed E-state index contributed by atoms with van der Waals surface area (Å²) in [6.07, 6.45) is 1.23. The number of benzene rings is 1. The second-order valence-corrected chi connectivity index (χ2v) is 4.65. The first kappa shape index (κ1) is 15.9. The highest BCUT2D eigenvalue weighted by molar-refractivity contribution is 6.02. The molecule has 1 aromatic carbocycles. The molecule has 0 bridgehead atoms. The van der Waals surface area contributed by atoms with Crippen LogP contribution in [0.15, 0.2) is 29.4 Å². The topological polar surface area (TPSA) is 87.7 Å². The second-order valence-electron chi connectivity index (χ2n) is 4.65. The van der Waals surface area contributed by atoms with E-state index in [-0.39, 0.29) is 23.6 Å². The molecule has 0 radical (unpaired) electrons. The third-order valence-electron chi connectivity index (χ3n) is 3.10. The molecular weight excluding hydrogens is 261 g/mol. The van der Waals surface area contributed by atoms with Gasteiger partial charge in [0, 0.05) is 0 Å². The van der Waals surface area contributed by atoms with E-state index in [2.05, 4.69) is 10.5 Å². The Morgan fingerprint density at radius 2 is 2.05 bits per heavy atom. The largest absolute Gasteiger partial charge is 0.409 e. The standard InChI is InChI=1S/C14H20FN3O2/c1-3-4-12(13(16)18-20)14(19)17-9(2)10-5-7-11(15)8-6-10/h5-9,12,20H,3-4H2,1-2H3,(H2,16,18)(H,17,19). The molecule has 2 unspecified atom stereocenters. The minimum atomic E-state index is -0.659. The van der Waals surface area contributed by atoms with E-state index in [1.165, 1.54) is 12.1 Å². The van der Waals surface area contributed by atoms with Crippen LogP contribution in [0.1, 0.15) is 38.3 Å². The number of rotatable bonds is 6. The molecule has 0 aliphatic heterocycles. The predicted molar refractivity (Wildman–Crippen MR) is 74.8 cm³/mol. The summed E-state index contributed by atoms with van der Waals surface area (Å²) >= 11 is 0. The van der Waals surface area contributed by atoms with Crippen LogP contribution < -0.4 is 11.1 Å². The summed E-state index contributed by atoms with van der Waals surface area (Å²) in [5, 5.41) is 14.4. The molecule has 0 aliphatic rings. The van der Waals surface area contributed by atoms with Crippen LogP contribution in [-0.4, -0.2) is 17.0 Å². The van der Waals surface area contributed by atoms with E-state index in [0.717, 1.165) is 12.0 Å². The van der Waals surface area contributed by atoms with Crippen LogP contribution in [-0.2, 0) is 4.79 Å². The SMILES string of the molecule is CCCC(C(=O)NC(C)c1ccc(F)cc1)C(N)=NO. The minimum Gasteiger partial charge on any atom is -0.409 e. The molecule has 4 N–H and O–H groups in total. The van der Waals surface area contributed by atoms with Crippen molar-refractivity contribution >= 4 is 11.7 Å². The number of carbonyl (C=O) groups excluding carboxylic acids is 1. The van der Waals surface area contributed by atoms with Crippen molar-refractivity contribution < 1.29 is 14.4 Å². The van der Waals surface area contributed by atoms with Crippen LogP contribution >= 0.6 is 0 Å². The van der Waals surface area contributed by atoms with Crippen molar-refractivity contribution in [1.82, 2.24) is 5.32 Å². The Kier molecular flexibility index (Phi) is 5.96. The number of nitrogens with two attached hydrogens (primary N) is 1. The summed E-state index contributed by atoms with van der Waals surface area (Å²) in [5.41, 5.74) is 6.31. The molecule has 0 fully saturated rings. The average molecular weight is 281 g/mol. The molecule has 5 nitrogen and oxygen atoms in total. The number of carbonyl (C=O) groups is 1. The Balaban J connectivity index is 2.74. The van der Waals surface area contributed by atoms with E-state index in [1.54, 1.807) is 19.1 Å². The van der Waals surface area contributed by atoms with Crippen molar-refractivity contribution in [3.8, 4) is 0 Å². The molecule has 1 rings (SSSR count). The Morgan fingerprint density at radius 3 is 2.55 bits per heavy atom. The molecule has 0 aliphatic carbocycles. The molecule has 1 amide bonds. The Bertz CT molecular complexity index is 474. The summed E-state index contributed by atoms with van der Waals surface area (Å²) in [4.78, 5) is 12.1. The van der Waals surface area contributed by atoms with E-state index in [4.69, 9.17) is 10.9 Å². The third kappa shape index (κ3) is 4.22. The van der Waals surface area contributed by atoms with Gasteiger partial charge in [-0.2, -0.15) is 0 Å². The molecule has 20 heavy (non-hydrogen) atoms. The zero-order chi connectivity index (χ0) is 15.1. The summed E-state index contributed by atoms with van der Waals surface area (Å²) in [6, 6.07) is 5.61. The summed E-state index contributed by atoms with van der Waals surface area (Å²) in [7, 11) is 0. The fraction of sp³-hybridized carbons (Fsp3) is 0.429. The molecule has 110 valence electrons. The number of amides is 1. The van der Waals surface area contributed by atoms with Crippen molar-refractivity contribution in [1.29, 1.82) is 0 Å². The highest BCUT2D eigenvalue weighted by Gasteiger charge is 2.23. The van der Waals surface area contributed by atoms with Crippen molar-refractivity contribution in [2.45, 2.75) is 32.7 Å². The quantitative estimate of drug-likeness (QED) is 0.323. The number of nitrogens with zero attached hydrogens (tertiary/aromatic N) is 1. The molecule has 0 saturated heterocycles. The predicted octanol–water partition coefficient (Wildman–Crippen LogP) is 2.17. The number of nitrogens with one attached hydrogen (secondary N) is 1. The maximum absolute atomic E-state index is 12.8. The van der Waals surface area contributed by atoms with Gasteiger partial charge in [-0.25, -0.2) is 4.39 Å². The van der Waals surface area contributed by atoms with Gasteiger partial charge in [0.1, 0.15) is 5.82 Å². The molecule has 1 aromatic rings. The van der Waals surface area contributed by atoms with Crippen LogP contribution in [0.4, 0.5) is 4.39 Å². The molecule has 0 spiro atoms. The van der Waals surface area contributed by atoms with E-state index in [1.807, 2.05) is 6.92 Å². The van der Waals surface area contributed by atoms with E-state index in [0.29, 0.717) is 6.42 Å². The van der Waals surface area contributed by atoms with E-state index in [9.17, 15) is 9.18 Å². The first-order valence-corrected chi connectivity index (χ1v) is 6.52. The maximum atomic E-state index is 12.8. The number of halogens is 1. The molecule has 0 heterocycles. The molecular formula is C14H20FN3O2. The van der Waals surface area contributed by atoms with Crippen LogP contribution in [0, 0.1) is 11.7 Å². The number of hydrogen-bond acceptors (Lipinski definition) is 3. The Labute approximate surface area is 117 Å². The lowest BCUT2D eigenvalue weighted by molar-refractivity contribution is -0.123. The average Bonchev–Trinajstić information content (AvgIpc) is 2.44. The lowest BCUT2D eigenvalue weighted by atomic mass is 10.00. The monoisotopic (exact) mass is 281 g/mol. The number of amidine groups is 1. The van der Waals surface area contributed by atoms with E-state index < -0.39 is 5.92 Å². The van der Waals surface area contributed by atoms with Gasteiger partial charge in [0.05, 0.1) is 12.0 Å². The zero-order valence-corrected chi connectivity index (χ0v) is 11.6. The fourth-order valence-electron chi connectivity index (χ4n) is 1.92. The first-order chi connectivity index (χ1) is 9.49. The van der Waals surface area contributed by atoms with Gasteiger partial charge in [-0.15, -0.1) is 0 Å². The van der Waals surface area contributed by atoms with Crippen molar-refractivity contribution in [2.24, 2.45) is 16.8 Å². The minimum absolute atomic E-state index is 0.101. The van der Waals surface area contributed by atoms with Crippen LogP contribution in [0.25, 0.3) is 0 Å². The third-order valence-corrected chi connectivity index (χ3v) is 3.10. The summed E-state index contributed by atoms with van der Waals surface area (Å²) in [5.74, 6) is -1.39. The number of hydrogen-bond donors (Lipinski definition) is 3. The Morgan fingerprint density at radius 1 is 1.45 bits per heavy atom. The van der Waals surface area contributed by atoms with Crippen LogP contribution in [0.3, 0.4) is 0 Å². The van der Waals surface area contributed by atoms with Gasteiger partial charge in [-0.3, -0.25) is 4.79 Å². The highest BCUT2D eigenvalue weighted by atomic mass is 19.1. The lowest BCUT2D eigenvalue weighted by Crippen LogP contribution is -2.40. The van der Waals surface area contributed by atoms with E-state index >= 15 is 0 Å². The van der Waals surface area contributed by atoms with Gasteiger partial charge in [0.15, 0.2) is 5.84 Å². The molecule has 0 aromatic heterocycles. The normalized spacial score (nSPS) is 14.7. The van der Waals surface area contributed by atoms with Gasteiger partial charge in [0.25, 0.3) is 0 Å². The summed E-state index contributed by atoms with van der Waals surface area (Å²) in [6.45, 7) is 3.70. The van der Waals surface area contributed by atoms with Crippen LogP contribution in [0.5, 0.6) is 0 Å². The smallest absolute Gasteiger partial charge is 0.231 e. The second kappa shape index (κ2) is 7.47. The first-order valence-electron chi connectivity index (χ1n) is 6.52. The molecule has 6 heteroatoms. The van der Waals surface area contributed by atoms with Gasteiger partial charge >= 0.3 is 0 Å². The van der Waals surface area contributed by atoms with Gasteiger partial charge in [-0.1, -0.05) is 30.6 Å². The summed E-state index contributed by atoms with van der Waals surface area (Å²) < 4.78 is 12.8. The Hall–Kier alpha value is -2.11. The van der Waals surface area contributed by atoms with Gasteiger partial charge in [0.2, 0.25) is 5.91 Å². The van der Waals surface area contributed by atoms with Crippen molar-refractivity contribution in [2.75, 3.05) is 0 Å². The molecule has 2 atom stereocenters. The van der Waals surface area contributed by atoms with Gasteiger partial charge < -0.3 is 16.3 Å². The zero-order valence-electron chi connectivity index (χ0n) is 11.6. The van der Waals surface area contributed by atoms with Crippen molar-refractivity contribution in [3.05, 3.63) is 35.6 Å².